The van der Waals surface area contributed by atoms with Crippen molar-refractivity contribution in [2.24, 2.45) is 0 Å². The summed E-state index contributed by atoms with van der Waals surface area (Å²) in [4.78, 5) is 0. The Labute approximate surface area is 103 Å². The minimum atomic E-state index is -1.25. The average molecular weight is 239 g/mol. The van der Waals surface area contributed by atoms with Crippen molar-refractivity contribution in [3.05, 3.63) is 71.3 Å². The van der Waals surface area contributed by atoms with Crippen LogP contribution in [0.15, 0.2) is 71.3 Å². The second-order valence-electron chi connectivity index (χ2n) is 4.51. The van der Waals surface area contributed by atoms with Crippen LogP contribution in [-0.2, 0) is 0 Å². The Morgan fingerprint density at radius 3 is 1.24 bits per heavy atom. The molecule has 0 fully saturated rings. The van der Waals surface area contributed by atoms with Crippen LogP contribution in [0.5, 0.6) is 0 Å². The van der Waals surface area contributed by atoms with Gasteiger partial charge in [-0.3, -0.25) is 0 Å². The standard InChI is InChI=1S/C16H16P/c1-13-14(2)17(13,15-9-5-3-6-10-15)16-11-7-4-8-12-16/h3-12H,1-2H3/q+1. The summed E-state index contributed by atoms with van der Waals surface area (Å²) in [7, 11) is -1.25. The monoisotopic (exact) mass is 239 g/mol. The number of allylic oxidation sites excluding steroid dienone is 2. The summed E-state index contributed by atoms with van der Waals surface area (Å²) in [5.74, 6) is 0. The Morgan fingerprint density at radius 1 is 0.588 bits per heavy atom. The van der Waals surface area contributed by atoms with E-state index < -0.39 is 7.26 Å². The van der Waals surface area contributed by atoms with Crippen molar-refractivity contribution in [2.45, 2.75) is 13.8 Å². The molecule has 2 aromatic rings. The van der Waals surface area contributed by atoms with E-state index in [-0.39, 0.29) is 0 Å². The van der Waals surface area contributed by atoms with Crippen LogP contribution in [-0.4, -0.2) is 0 Å². The molecule has 0 radical (unpaired) electrons. The van der Waals surface area contributed by atoms with E-state index in [0.29, 0.717) is 0 Å². The Balaban J connectivity index is 2.15. The van der Waals surface area contributed by atoms with Gasteiger partial charge in [0.05, 0.1) is 0 Å². The molecule has 0 unspecified atom stereocenters. The molecule has 84 valence electrons. The van der Waals surface area contributed by atoms with Crippen molar-refractivity contribution in [3.8, 4) is 0 Å². The molecule has 3 rings (SSSR count). The third kappa shape index (κ3) is 1.41. The molecule has 17 heavy (non-hydrogen) atoms. The molecule has 0 N–H and O–H groups in total. The van der Waals surface area contributed by atoms with E-state index in [1.807, 2.05) is 0 Å². The van der Waals surface area contributed by atoms with Gasteiger partial charge >= 0.3 is 0 Å². The Hall–Kier alpha value is -1.39. The molecule has 0 aromatic heterocycles. The van der Waals surface area contributed by atoms with Crippen molar-refractivity contribution >= 4 is 17.9 Å². The van der Waals surface area contributed by atoms with Crippen molar-refractivity contribution in [2.75, 3.05) is 0 Å². The van der Waals surface area contributed by atoms with Gasteiger partial charge in [-0.15, -0.1) is 0 Å². The van der Waals surface area contributed by atoms with Crippen LogP contribution in [0.4, 0.5) is 0 Å². The zero-order valence-electron chi connectivity index (χ0n) is 10.2. The highest BCUT2D eigenvalue weighted by Crippen LogP contribution is 2.83. The van der Waals surface area contributed by atoms with Gasteiger partial charge in [0.15, 0.2) is 0 Å². The lowest BCUT2D eigenvalue weighted by molar-refractivity contribution is 1.64. The van der Waals surface area contributed by atoms with Crippen LogP contribution < -0.4 is 10.6 Å². The van der Waals surface area contributed by atoms with Gasteiger partial charge in [-0.1, -0.05) is 36.4 Å². The van der Waals surface area contributed by atoms with Gasteiger partial charge in [0, 0.05) is 0 Å². The highest BCUT2D eigenvalue weighted by molar-refractivity contribution is 8.02. The van der Waals surface area contributed by atoms with E-state index in [1.54, 1.807) is 10.6 Å². The first-order valence-corrected chi connectivity index (χ1v) is 7.75. The van der Waals surface area contributed by atoms with Crippen LogP contribution in [0.2, 0.25) is 0 Å². The smallest absolute Gasteiger partial charge is 0.0620 e. The fourth-order valence-electron chi connectivity index (χ4n) is 2.72. The van der Waals surface area contributed by atoms with E-state index in [2.05, 4.69) is 74.5 Å². The third-order valence-electron chi connectivity index (χ3n) is 3.77. The first-order chi connectivity index (χ1) is 8.28. The maximum absolute atomic E-state index is 2.29. The summed E-state index contributed by atoms with van der Waals surface area (Å²) in [6, 6.07) is 21.9. The van der Waals surface area contributed by atoms with Crippen LogP contribution in [0, 0.1) is 0 Å². The Morgan fingerprint density at radius 2 is 0.941 bits per heavy atom. The number of hydrogen-bond donors (Lipinski definition) is 0. The molecular formula is C16H16P+. The molecule has 1 heterocycles. The maximum atomic E-state index is 2.29. The van der Waals surface area contributed by atoms with E-state index in [4.69, 9.17) is 0 Å². The van der Waals surface area contributed by atoms with Gasteiger partial charge in [-0.2, -0.15) is 0 Å². The fourth-order valence-corrected chi connectivity index (χ4v) is 7.10. The molecule has 1 aliphatic rings. The van der Waals surface area contributed by atoms with E-state index in [9.17, 15) is 0 Å². The van der Waals surface area contributed by atoms with Crippen LogP contribution in [0.3, 0.4) is 0 Å². The topological polar surface area (TPSA) is 0 Å². The summed E-state index contributed by atoms with van der Waals surface area (Å²) in [6.45, 7) is 4.59. The summed E-state index contributed by atoms with van der Waals surface area (Å²) in [6.07, 6.45) is 0. The van der Waals surface area contributed by atoms with Crippen LogP contribution in [0.25, 0.3) is 0 Å². The molecule has 2 aromatic carbocycles. The molecular weight excluding hydrogens is 223 g/mol. The third-order valence-corrected chi connectivity index (χ3v) is 8.37. The SMILES string of the molecule is CC1=C(C)[P+]1(c1ccccc1)c1ccccc1. The molecule has 0 saturated heterocycles. The van der Waals surface area contributed by atoms with E-state index >= 15 is 0 Å². The second kappa shape index (κ2) is 3.82. The summed E-state index contributed by atoms with van der Waals surface area (Å²) >= 11 is 0. The molecule has 0 spiro atoms. The molecule has 0 atom stereocenters. The van der Waals surface area contributed by atoms with Gasteiger partial charge in [0.25, 0.3) is 0 Å². The molecule has 0 bridgehead atoms. The molecule has 0 amide bonds. The number of hydrogen-bond acceptors (Lipinski definition) is 0. The quantitative estimate of drug-likeness (QED) is 0.697. The van der Waals surface area contributed by atoms with Crippen LogP contribution >= 0.6 is 7.26 Å². The summed E-state index contributed by atoms with van der Waals surface area (Å²) in [5.41, 5.74) is 0. The highest BCUT2D eigenvalue weighted by Gasteiger charge is 2.62. The fraction of sp³-hybridized carbons (Fsp3) is 0.125. The zero-order chi connectivity index (χ0) is 11.9. The average Bonchev–Trinajstić information content (AvgIpc) is 2.95. The Kier molecular flexibility index (Phi) is 2.42. The van der Waals surface area contributed by atoms with E-state index in [1.165, 1.54) is 10.6 Å². The maximum Gasteiger partial charge on any atom is 0.142 e. The number of rotatable bonds is 2. The first kappa shape index (κ1) is 10.7. The van der Waals surface area contributed by atoms with Crippen molar-refractivity contribution in [1.29, 1.82) is 0 Å². The molecule has 0 aliphatic carbocycles. The molecule has 1 heteroatoms. The number of benzene rings is 2. The Bertz CT molecular complexity index is 513. The first-order valence-electron chi connectivity index (χ1n) is 5.97. The van der Waals surface area contributed by atoms with Gasteiger partial charge in [-0.25, -0.2) is 0 Å². The molecule has 1 aliphatic heterocycles. The lowest BCUT2D eigenvalue weighted by Gasteiger charge is -2.11. The van der Waals surface area contributed by atoms with E-state index in [0.717, 1.165) is 0 Å². The summed E-state index contributed by atoms with van der Waals surface area (Å²) < 4.78 is 0. The lowest BCUT2D eigenvalue weighted by atomic mass is 10.4. The van der Waals surface area contributed by atoms with Crippen molar-refractivity contribution in [1.82, 2.24) is 0 Å². The van der Waals surface area contributed by atoms with Gasteiger partial charge in [-0.05, 0) is 38.1 Å². The minimum Gasteiger partial charge on any atom is -0.0620 e. The minimum absolute atomic E-state index is 1.25. The highest BCUT2D eigenvalue weighted by atomic mass is 31.2. The normalized spacial score (nSPS) is 17.1. The molecule has 0 nitrogen and oxygen atoms in total. The summed E-state index contributed by atoms with van der Waals surface area (Å²) in [5, 5.41) is 6.22. The largest absolute Gasteiger partial charge is 0.142 e. The van der Waals surface area contributed by atoms with Gasteiger partial charge in [0.2, 0.25) is 0 Å². The predicted octanol–water partition coefficient (Wildman–Crippen LogP) is 3.92. The van der Waals surface area contributed by atoms with Crippen LogP contribution in [0.1, 0.15) is 13.8 Å². The molecule has 0 saturated carbocycles. The van der Waals surface area contributed by atoms with Crippen molar-refractivity contribution in [3.63, 3.8) is 0 Å². The van der Waals surface area contributed by atoms with Gasteiger partial charge in [0.1, 0.15) is 28.5 Å². The second-order valence-corrected chi connectivity index (χ2v) is 8.23. The predicted molar refractivity (Wildman–Crippen MR) is 77.4 cm³/mol. The van der Waals surface area contributed by atoms with Crippen molar-refractivity contribution < 1.29 is 0 Å². The van der Waals surface area contributed by atoms with Gasteiger partial charge < -0.3 is 0 Å². The lowest BCUT2D eigenvalue weighted by Crippen LogP contribution is -2.14. The zero-order valence-corrected chi connectivity index (χ0v) is 11.1.